The van der Waals surface area contributed by atoms with Crippen LogP contribution < -0.4 is 9.47 Å². The minimum absolute atomic E-state index is 0.134. The molecule has 1 atom stereocenters. The first kappa shape index (κ1) is 14.8. The molecule has 0 radical (unpaired) electrons. The molecule has 0 aliphatic rings. The maximum Gasteiger partial charge on any atom is 0.141 e. The topological polar surface area (TPSA) is 38.7 Å². The summed E-state index contributed by atoms with van der Waals surface area (Å²) in [6.07, 6.45) is -0.955. The number of ether oxygens (including phenoxy) is 2. The Morgan fingerprint density at radius 2 is 1.95 bits per heavy atom. The van der Waals surface area contributed by atoms with Crippen LogP contribution in [0.1, 0.15) is 18.6 Å². The molecule has 0 fully saturated rings. The van der Waals surface area contributed by atoms with Gasteiger partial charge in [-0.25, -0.2) is 4.39 Å². The Bertz CT molecular complexity index is 614. The molecule has 0 heterocycles. The third kappa shape index (κ3) is 3.11. The Labute approximate surface area is 125 Å². The molecule has 0 aromatic heterocycles. The zero-order valence-corrected chi connectivity index (χ0v) is 12.6. The van der Waals surface area contributed by atoms with E-state index in [9.17, 15) is 9.50 Å². The van der Waals surface area contributed by atoms with Gasteiger partial charge in [-0.05, 0) is 53.2 Å². The number of aliphatic hydroxyl groups excluding tert-OH is 1. The number of aliphatic hydroxyl groups is 1. The molecule has 3 nitrogen and oxygen atoms in total. The molecule has 106 valence electrons. The minimum atomic E-state index is -0.955. The van der Waals surface area contributed by atoms with E-state index in [0.29, 0.717) is 16.0 Å². The van der Waals surface area contributed by atoms with E-state index in [1.807, 2.05) is 0 Å². The molecule has 20 heavy (non-hydrogen) atoms. The predicted octanol–water partition coefficient (Wildman–Crippen LogP) is 4.44. The summed E-state index contributed by atoms with van der Waals surface area (Å²) in [5, 5.41) is 9.66. The highest BCUT2D eigenvalue weighted by Crippen LogP contribution is 2.36. The summed E-state index contributed by atoms with van der Waals surface area (Å²) in [6, 6.07) is 9.63. The van der Waals surface area contributed by atoms with Gasteiger partial charge in [0.1, 0.15) is 23.1 Å². The maximum atomic E-state index is 13.8. The van der Waals surface area contributed by atoms with Crippen LogP contribution in [0.15, 0.2) is 40.9 Å². The smallest absolute Gasteiger partial charge is 0.141 e. The average molecular weight is 341 g/mol. The van der Waals surface area contributed by atoms with Crippen LogP contribution in [0.3, 0.4) is 0 Å². The van der Waals surface area contributed by atoms with E-state index < -0.39 is 11.9 Å². The molecule has 0 saturated heterocycles. The molecule has 1 N–H and O–H groups in total. The Morgan fingerprint density at radius 3 is 2.55 bits per heavy atom. The molecule has 0 bridgehead atoms. The summed E-state index contributed by atoms with van der Waals surface area (Å²) in [5.41, 5.74) is 0.134. The van der Waals surface area contributed by atoms with Gasteiger partial charge in [-0.15, -0.1) is 0 Å². The van der Waals surface area contributed by atoms with Crippen LogP contribution in [0.25, 0.3) is 0 Å². The fourth-order valence-electron chi connectivity index (χ4n) is 1.82. The van der Waals surface area contributed by atoms with Crippen molar-refractivity contribution in [3.63, 3.8) is 0 Å². The van der Waals surface area contributed by atoms with Crippen molar-refractivity contribution in [2.45, 2.75) is 13.0 Å². The minimum Gasteiger partial charge on any atom is -0.497 e. The Hall–Kier alpha value is -1.59. The van der Waals surface area contributed by atoms with Crippen molar-refractivity contribution in [3.8, 4) is 17.2 Å². The first-order valence-electron chi connectivity index (χ1n) is 6.00. The second-order valence-electron chi connectivity index (χ2n) is 4.23. The summed E-state index contributed by atoms with van der Waals surface area (Å²) in [7, 11) is 1.57. The van der Waals surface area contributed by atoms with Gasteiger partial charge < -0.3 is 14.6 Å². The molecule has 2 rings (SSSR count). The number of benzene rings is 2. The number of hydrogen-bond acceptors (Lipinski definition) is 3. The largest absolute Gasteiger partial charge is 0.497 e. The molecule has 0 aliphatic carbocycles. The lowest BCUT2D eigenvalue weighted by Gasteiger charge is -2.15. The van der Waals surface area contributed by atoms with Crippen molar-refractivity contribution in [1.29, 1.82) is 0 Å². The van der Waals surface area contributed by atoms with Gasteiger partial charge in [0, 0.05) is 0 Å². The highest BCUT2D eigenvalue weighted by atomic mass is 79.9. The van der Waals surface area contributed by atoms with Crippen molar-refractivity contribution >= 4 is 15.9 Å². The zero-order valence-electron chi connectivity index (χ0n) is 11.1. The normalized spacial score (nSPS) is 12.1. The molecular formula is C15H14BrFO3. The van der Waals surface area contributed by atoms with Crippen molar-refractivity contribution in [2.24, 2.45) is 0 Å². The molecule has 0 amide bonds. The second-order valence-corrected chi connectivity index (χ2v) is 5.08. The molecule has 0 aliphatic heterocycles. The van der Waals surface area contributed by atoms with Crippen LogP contribution in [0.5, 0.6) is 17.2 Å². The summed E-state index contributed by atoms with van der Waals surface area (Å²) in [5.74, 6) is 0.977. The van der Waals surface area contributed by atoms with Gasteiger partial charge >= 0.3 is 0 Å². The third-order valence-corrected chi connectivity index (χ3v) is 3.41. The third-order valence-electron chi connectivity index (χ3n) is 2.79. The van der Waals surface area contributed by atoms with Gasteiger partial charge in [0.2, 0.25) is 0 Å². The lowest BCUT2D eigenvalue weighted by atomic mass is 10.1. The van der Waals surface area contributed by atoms with Crippen LogP contribution in [0, 0.1) is 5.82 Å². The quantitative estimate of drug-likeness (QED) is 0.893. The highest BCUT2D eigenvalue weighted by Gasteiger charge is 2.16. The molecule has 0 unspecified atom stereocenters. The van der Waals surface area contributed by atoms with E-state index in [1.165, 1.54) is 19.1 Å². The van der Waals surface area contributed by atoms with Crippen molar-refractivity contribution in [2.75, 3.05) is 7.11 Å². The fourth-order valence-corrected chi connectivity index (χ4v) is 2.26. The van der Waals surface area contributed by atoms with Gasteiger partial charge in [-0.2, -0.15) is 0 Å². The number of halogens is 2. The van der Waals surface area contributed by atoms with Gasteiger partial charge in [-0.3, -0.25) is 0 Å². The fraction of sp³-hybridized carbons (Fsp3) is 0.200. The number of hydrogen-bond donors (Lipinski definition) is 1. The number of methoxy groups -OCH3 is 1. The Balaban J connectivity index is 2.38. The summed E-state index contributed by atoms with van der Waals surface area (Å²) >= 11 is 3.36. The SMILES string of the molecule is COc1ccc(Oc2cccc(F)c2[C@H](C)O)c(Br)c1. The lowest BCUT2D eigenvalue weighted by molar-refractivity contribution is 0.190. The van der Waals surface area contributed by atoms with Gasteiger partial charge in [0.25, 0.3) is 0 Å². The van der Waals surface area contributed by atoms with Crippen LogP contribution in [0.4, 0.5) is 4.39 Å². The van der Waals surface area contributed by atoms with E-state index in [0.717, 1.165) is 0 Å². The van der Waals surface area contributed by atoms with E-state index in [1.54, 1.807) is 31.4 Å². The second kappa shape index (κ2) is 6.24. The van der Waals surface area contributed by atoms with E-state index in [4.69, 9.17) is 9.47 Å². The highest BCUT2D eigenvalue weighted by molar-refractivity contribution is 9.10. The monoisotopic (exact) mass is 340 g/mol. The summed E-state index contributed by atoms with van der Waals surface area (Å²) in [6.45, 7) is 1.49. The average Bonchev–Trinajstić information content (AvgIpc) is 2.40. The predicted molar refractivity (Wildman–Crippen MR) is 77.8 cm³/mol. The van der Waals surface area contributed by atoms with Crippen LogP contribution in [0.2, 0.25) is 0 Å². The maximum absolute atomic E-state index is 13.8. The Morgan fingerprint density at radius 1 is 1.20 bits per heavy atom. The van der Waals surface area contributed by atoms with Gasteiger partial charge in [0.05, 0.1) is 23.2 Å². The van der Waals surface area contributed by atoms with E-state index >= 15 is 0 Å². The van der Waals surface area contributed by atoms with Crippen molar-refractivity contribution < 1.29 is 19.0 Å². The molecule has 2 aromatic rings. The Kier molecular flexibility index (Phi) is 4.62. The van der Waals surface area contributed by atoms with Crippen LogP contribution >= 0.6 is 15.9 Å². The molecular weight excluding hydrogens is 327 g/mol. The summed E-state index contributed by atoms with van der Waals surface area (Å²) in [4.78, 5) is 0. The molecule has 2 aromatic carbocycles. The molecule has 5 heteroatoms. The van der Waals surface area contributed by atoms with E-state index in [2.05, 4.69) is 15.9 Å². The lowest BCUT2D eigenvalue weighted by Crippen LogP contribution is -2.00. The molecule has 0 saturated carbocycles. The number of rotatable bonds is 4. The first-order chi connectivity index (χ1) is 9.52. The van der Waals surface area contributed by atoms with Crippen molar-refractivity contribution in [1.82, 2.24) is 0 Å². The standard InChI is InChI=1S/C15H14BrFO3/c1-9(18)15-12(17)4-3-5-14(15)20-13-7-6-10(19-2)8-11(13)16/h3-9,18H,1-2H3/t9-/m0/s1. The molecule has 0 spiro atoms. The first-order valence-corrected chi connectivity index (χ1v) is 6.80. The zero-order chi connectivity index (χ0) is 14.7. The van der Waals surface area contributed by atoms with Crippen molar-refractivity contribution in [3.05, 3.63) is 52.3 Å². The van der Waals surface area contributed by atoms with Crippen LogP contribution in [-0.2, 0) is 0 Å². The van der Waals surface area contributed by atoms with Gasteiger partial charge in [-0.1, -0.05) is 6.07 Å². The van der Waals surface area contributed by atoms with Crippen LogP contribution in [-0.4, -0.2) is 12.2 Å². The summed E-state index contributed by atoms with van der Waals surface area (Å²) < 4.78 is 25.2. The van der Waals surface area contributed by atoms with E-state index in [-0.39, 0.29) is 11.3 Å². The van der Waals surface area contributed by atoms with Gasteiger partial charge in [0.15, 0.2) is 0 Å².